The maximum atomic E-state index is 12.6. The number of hydrogen-bond acceptors (Lipinski definition) is 4. The van der Waals surface area contributed by atoms with Gasteiger partial charge in [-0.15, -0.1) is 0 Å². The Morgan fingerprint density at radius 1 is 0.966 bits per heavy atom. The first-order valence-electron chi connectivity index (χ1n) is 8.98. The summed E-state index contributed by atoms with van der Waals surface area (Å²) in [6.07, 6.45) is 1.52. The summed E-state index contributed by atoms with van der Waals surface area (Å²) < 4.78 is 11.4. The maximum absolute atomic E-state index is 12.6. The van der Waals surface area contributed by atoms with Crippen LogP contribution in [0, 0.1) is 0 Å². The van der Waals surface area contributed by atoms with Gasteiger partial charge in [-0.05, 0) is 36.4 Å². The molecule has 29 heavy (non-hydrogen) atoms. The van der Waals surface area contributed by atoms with E-state index in [1.807, 2.05) is 54.6 Å². The number of aromatic nitrogens is 1. The van der Waals surface area contributed by atoms with Gasteiger partial charge in [-0.2, -0.15) is 0 Å². The normalized spacial score (nSPS) is 10.5. The van der Waals surface area contributed by atoms with E-state index in [4.69, 9.17) is 20.8 Å². The molecule has 0 fully saturated rings. The summed E-state index contributed by atoms with van der Waals surface area (Å²) >= 11 is 6.19. The third-order valence-electron chi connectivity index (χ3n) is 4.19. The fraction of sp³-hybridized carbons (Fsp3) is 0.0435. The van der Waals surface area contributed by atoms with Crippen molar-refractivity contribution >= 4 is 23.2 Å². The molecule has 0 saturated heterocycles. The summed E-state index contributed by atoms with van der Waals surface area (Å²) in [5, 5.41) is 3.42. The zero-order chi connectivity index (χ0) is 20.1. The minimum Gasteiger partial charge on any atom is -0.486 e. The van der Waals surface area contributed by atoms with Crippen LogP contribution in [0.15, 0.2) is 89.5 Å². The van der Waals surface area contributed by atoms with Gasteiger partial charge in [0.2, 0.25) is 5.89 Å². The minimum absolute atomic E-state index is 0.156. The Morgan fingerprint density at radius 2 is 1.69 bits per heavy atom. The number of amides is 1. The maximum Gasteiger partial charge on any atom is 0.259 e. The molecule has 5 nitrogen and oxygen atoms in total. The first-order chi connectivity index (χ1) is 14.2. The van der Waals surface area contributed by atoms with Gasteiger partial charge in [-0.1, -0.05) is 54.1 Å². The molecule has 0 aliphatic carbocycles. The van der Waals surface area contributed by atoms with E-state index in [0.717, 1.165) is 0 Å². The van der Waals surface area contributed by atoms with Gasteiger partial charge in [0.25, 0.3) is 5.91 Å². The van der Waals surface area contributed by atoms with E-state index in [2.05, 4.69) is 10.3 Å². The van der Waals surface area contributed by atoms with Crippen molar-refractivity contribution in [1.82, 2.24) is 4.98 Å². The highest BCUT2D eigenvalue weighted by molar-refractivity contribution is 6.33. The molecule has 1 heterocycles. The van der Waals surface area contributed by atoms with Gasteiger partial charge in [0.05, 0.1) is 16.1 Å². The smallest absolute Gasteiger partial charge is 0.259 e. The van der Waals surface area contributed by atoms with Crippen LogP contribution in [0.4, 0.5) is 5.69 Å². The van der Waals surface area contributed by atoms with Gasteiger partial charge >= 0.3 is 0 Å². The number of nitrogens with zero attached hydrogens (tertiary/aromatic N) is 1. The van der Waals surface area contributed by atoms with Gasteiger partial charge < -0.3 is 14.5 Å². The monoisotopic (exact) mass is 404 g/mol. The van der Waals surface area contributed by atoms with Crippen LogP contribution in [0.25, 0.3) is 11.5 Å². The second kappa shape index (κ2) is 8.63. The number of carbonyl (C=O) groups is 1. The standard InChI is InChI=1S/C23H17ClN2O3/c24-20-12-6-4-10-18(20)23-26-17(15-29-23)14-28-21-13-7-5-11-19(21)22(27)25-16-8-2-1-3-9-16/h1-13,15H,14H2,(H,25,27). The number of oxazole rings is 1. The van der Waals surface area contributed by atoms with Crippen molar-refractivity contribution in [3.05, 3.63) is 101 Å². The van der Waals surface area contributed by atoms with Gasteiger partial charge in [0.15, 0.2) is 0 Å². The largest absolute Gasteiger partial charge is 0.486 e. The van der Waals surface area contributed by atoms with E-state index < -0.39 is 0 Å². The molecular weight excluding hydrogens is 388 g/mol. The van der Waals surface area contributed by atoms with Crippen molar-refractivity contribution in [3.63, 3.8) is 0 Å². The Bertz CT molecular complexity index is 1130. The lowest BCUT2D eigenvalue weighted by molar-refractivity contribution is 0.102. The fourth-order valence-electron chi connectivity index (χ4n) is 2.78. The molecule has 0 atom stereocenters. The SMILES string of the molecule is O=C(Nc1ccccc1)c1ccccc1OCc1coc(-c2ccccc2Cl)n1. The predicted molar refractivity (Wildman–Crippen MR) is 112 cm³/mol. The third-order valence-corrected chi connectivity index (χ3v) is 4.52. The number of para-hydroxylation sites is 2. The second-order valence-electron chi connectivity index (χ2n) is 6.23. The second-order valence-corrected chi connectivity index (χ2v) is 6.64. The molecule has 1 N–H and O–H groups in total. The van der Waals surface area contributed by atoms with Crippen molar-refractivity contribution in [2.75, 3.05) is 5.32 Å². The molecule has 0 unspecified atom stereocenters. The molecule has 0 saturated carbocycles. The zero-order valence-electron chi connectivity index (χ0n) is 15.3. The molecule has 4 aromatic rings. The Balaban J connectivity index is 1.47. The van der Waals surface area contributed by atoms with E-state index >= 15 is 0 Å². The van der Waals surface area contributed by atoms with Gasteiger partial charge in [-0.3, -0.25) is 4.79 Å². The number of ether oxygens (including phenoxy) is 1. The number of nitrogens with one attached hydrogen (secondary N) is 1. The van der Waals surface area contributed by atoms with Crippen LogP contribution in [0.3, 0.4) is 0 Å². The van der Waals surface area contributed by atoms with Crippen LogP contribution >= 0.6 is 11.6 Å². The Morgan fingerprint density at radius 3 is 2.52 bits per heavy atom. The molecule has 0 aliphatic heterocycles. The predicted octanol–water partition coefficient (Wildman–Crippen LogP) is 5.83. The van der Waals surface area contributed by atoms with Crippen LogP contribution in [0.5, 0.6) is 5.75 Å². The number of rotatable bonds is 6. The number of anilines is 1. The Hall–Kier alpha value is -3.57. The molecule has 3 aromatic carbocycles. The van der Waals surface area contributed by atoms with Gasteiger partial charge in [-0.25, -0.2) is 4.98 Å². The number of halogens is 1. The van der Waals surface area contributed by atoms with E-state index in [9.17, 15) is 4.79 Å². The summed E-state index contributed by atoms with van der Waals surface area (Å²) in [7, 11) is 0. The Kier molecular flexibility index (Phi) is 5.59. The van der Waals surface area contributed by atoms with Crippen LogP contribution < -0.4 is 10.1 Å². The summed E-state index contributed by atoms with van der Waals surface area (Å²) in [6, 6.07) is 23.6. The zero-order valence-corrected chi connectivity index (χ0v) is 16.1. The molecule has 0 bridgehead atoms. The molecule has 1 aromatic heterocycles. The van der Waals surface area contributed by atoms with Crippen LogP contribution in [-0.2, 0) is 6.61 Å². The van der Waals surface area contributed by atoms with Crippen LogP contribution in [-0.4, -0.2) is 10.9 Å². The van der Waals surface area contributed by atoms with Gasteiger partial charge in [0.1, 0.15) is 24.3 Å². The van der Waals surface area contributed by atoms with Crippen LogP contribution in [0.2, 0.25) is 5.02 Å². The van der Waals surface area contributed by atoms with Crippen molar-refractivity contribution in [1.29, 1.82) is 0 Å². The van der Waals surface area contributed by atoms with Crippen molar-refractivity contribution in [2.24, 2.45) is 0 Å². The highest BCUT2D eigenvalue weighted by atomic mass is 35.5. The molecule has 0 spiro atoms. The topological polar surface area (TPSA) is 64.4 Å². The lowest BCUT2D eigenvalue weighted by Gasteiger charge is -2.11. The average Bonchev–Trinajstić information content (AvgIpc) is 3.22. The van der Waals surface area contributed by atoms with E-state index in [1.54, 1.807) is 24.3 Å². The quantitative estimate of drug-likeness (QED) is 0.439. The van der Waals surface area contributed by atoms with Crippen LogP contribution in [0.1, 0.15) is 16.1 Å². The highest BCUT2D eigenvalue weighted by Crippen LogP contribution is 2.27. The minimum atomic E-state index is -0.247. The molecule has 4 rings (SSSR count). The first-order valence-corrected chi connectivity index (χ1v) is 9.36. The van der Waals surface area contributed by atoms with Crippen molar-refractivity contribution in [2.45, 2.75) is 6.61 Å². The summed E-state index contributed by atoms with van der Waals surface area (Å²) in [6.45, 7) is 0.156. The summed E-state index contributed by atoms with van der Waals surface area (Å²) in [4.78, 5) is 17.1. The molecule has 6 heteroatoms. The van der Waals surface area contributed by atoms with E-state index in [0.29, 0.717) is 39.2 Å². The lowest BCUT2D eigenvalue weighted by atomic mass is 10.2. The molecular formula is C23H17ClN2O3. The highest BCUT2D eigenvalue weighted by Gasteiger charge is 2.14. The van der Waals surface area contributed by atoms with E-state index in [1.165, 1.54) is 6.26 Å². The Labute approximate surface area is 172 Å². The first kappa shape index (κ1) is 18.8. The summed E-state index contributed by atoms with van der Waals surface area (Å²) in [5.74, 6) is 0.635. The number of benzene rings is 3. The molecule has 144 valence electrons. The molecule has 0 radical (unpaired) electrons. The number of hydrogen-bond donors (Lipinski definition) is 1. The average molecular weight is 405 g/mol. The third kappa shape index (κ3) is 4.47. The fourth-order valence-corrected chi connectivity index (χ4v) is 3.00. The van der Waals surface area contributed by atoms with E-state index in [-0.39, 0.29) is 12.5 Å². The van der Waals surface area contributed by atoms with Gasteiger partial charge in [0, 0.05) is 5.69 Å². The number of carbonyl (C=O) groups excluding carboxylic acids is 1. The molecule has 1 amide bonds. The molecule has 0 aliphatic rings. The lowest BCUT2D eigenvalue weighted by Crippen LogP contribution is -2.13. The van der Waals surface area contributed by atoms with Crippen molar-refractivity contribution < 1.29 is 13.9 Å². The van der Waals surface area contributed by atoms with Crippen molar-refractivity contribution in [3.8, 4) is 17.2 Å². The summed E-state index contributed by atoms with van der Waals surface area (Å²) in [5.41, 5.74) is 2.46.